The molecule has 3 atom stereocenters. The summed E-state index contributed by atoms with van der Waals surface area (Å²) in [6.45, 7) is 5.51. The lowest BCUT2D eigenvalue weighted by Crippen LogP contribution is -2.57. The van der Waals surface area contributed by atoms with E-state index >= 15 is 0 Å². The Labute approximate surface area is 200 Å². The Morgan fingerprint density at radius 2 is 1.97 bits per heavy atom. The Kier molecular flexibility index (Phi) is 6.15. The summed E-state index contributed by atoms with van der Waals surface area (Å²) in [5.74, 6) is -0.503. The van der Waals surface area contributed by atoms with Gasteiger partial charge in [-0.2, -0.15) is 13.2 Å². The fraction of sp³-hybridized carbons (Fsp3) is 0.591. The van der Waals surface area contributed by atoms with Crippen molar-refractivity contribution >= 4 is 35.0 Å². The summed E-state index contributed by atoms with van der Waals surface area (Å²) in [5.41, 5.74) is -0.960. The number of thiocarbonyl (C=S) groups is 1. The Hall–Kier alpha value is -2.44. The molecule has 4 heterocycles. The van der Waals surface area contributed by atoms with Gasteiger partial charge in [-0.15, -0.1) is 0 Å². The van der Waals surface area contributed by atoms with Crippen LogP contribution < -0.4 is 10.2 Å². The maximum absolute atomic E-state index is 13.2. The molecule has 1 aromatic carbocycles. The van der Waals surface area contributed by atoms with Crippen LogP contribution in [-0.2, 0) is 15.7 Å². The summed E-state index contributed by atoms with van der Waals surface area (Å²) in [5, 5.41) is 3.82. The number of nitrogens with zero attached hydrogens (tertiary/aromatic N) is 4. The number of piperazine rings is 1. The number of likely N-dealkylation sites (tertiary alicyclic amines) is 1. The summed E-state index contributed by atoms with van der Waals surface area (Å²) < 4.78 is 44.8. The molecule has 0 saturated carbocycles. The van der Waals surface area contributed by atoms with Crippen molar-refractivity contribution < 1.29 is 27.5 Å². The zero-order valence-electron chi connectivity index (χ0n) is 18.5. The summed E-state index contributed by atoms with van der Waals surface area (Å²) in [4.78, 5) is 33.0. The molecule has 0 aromatic heterocycles. The molecule has 5 rings (SSSR count). The number of imide groups is 1. The minimum atomic E-state index is -4.56. The average Bonchev–Trinajstić information content (AvgIpc) is 3.48. The zero-order valence-corrected chi connectivity index (χ0v) is 19.3. The van der Waals surface area contributed by atoms with Crippen molar-refractivity contribution in [3.05, 3.63) is 29.8 Å². The normalized spacial score (nSPS) is 27.0. The molecule has 0 aliphatic carbocycles. The van der Waals surface area contributed by atoms with Crippen LogP contribution in [0.4, 0.5) is 23.7 Å². The van der Waals surface area contributed by atoms with E-state index in [0.717, 1.165) is 56.3 Å². The van der Waals surface area contributed by atoms with Crippen LogP contribution in [0, 0.1) is 0 Å². The van der Waals surface area contributed by atoms with Gasteiger partial charge in [0.15, 0.2) is 5.11 Å². The number of hydrogen-bond acceptors (Lipinski definition) is 5. The van der Waals surface area contributed by atoms with Gasteiger partial charge in [0, 0.05) is 26.2 Å². The Morgan fingerprint density at radius 1 is 1.21 bits per heavy atom. The predicted molar refractivity (Wildman–Crippen MR) is 121 cm³/mol. The number of alkyl halides is 3. The number of benzene rings is 1. The summed E-state index contributed by atoms with van der Waals surface area (Å²) in [7, 11) is 0. The van der Waals surface area contributed by atoms with Crippen molar-refractivity contribution in [2.45, 2.75) is 37.1 Å². The molecule has 4 saturated heterocycles. The van der Waals surface area contributed by atoms with Gasteiger partial charge < -0.3 is 19.9 Å². The Balaban J connectivity index is 1.22. The Bertz CT molecular complexity index is 987. The molecule has 1 aromatic rings. The SMILES string of the molecule is O=C1[C@H]2[C@@H]3C[C@@H](CN3C(=S)NCCCN3CCOCC3)N2C(=O)N1c1cccc(C(F)(F)F)c1. The maximum atomic E-state index is 13.2. The van der Waals surface area contributed by atoms with Gasteiger partial charge in [-0.1, -0.05) is 6.07 Å². The molecule has 4 aliphatic rings. The van der Waals surface area contributed by atoms with E-state index in [2.05, 4.69) is 10.2 Å². The molecule has 0 spiro atoms. The lowest BCUT2D eigenvalue weighted by Gasteiger charge is -2.36. The molecule has 0 radical (unpaired) electrons. The van der Waals surface area contributed by atoms with Crippen LogP contribution in [0.25, 0.3) is 0 Å². The summed E-state index contributed by atoms with van der Waals surface area (Å²) in [6.07, 6.45) is -3.03. The van der Waals surface area contributed by atoms with E-state index in [4.69, 9.17) is 17.0 Å². The van der Waals surface area contributed by atoms with Gasteiger partial charge >= 0.3 is 12.2 Å². The lowest BCUT2D eigenvalue weighted by molar-refractivity contribution is -0.137. The molecule has 1 N–H and O–H groups in total. The van der Waals surface area contributed by atoms with E-state index in [0.29, 0.717) is 24.6 Å². The molecule has 184 valence electrons. The lowest BCUT2D eigenvalue weighted by atomic mass is 10.1. The van der Waals surface area contributed by atoms with E-state index in [1.807, 2.05) is 4.90 Å². The molecule has 34 heavy (non-hydrogen) atoms. The third-order valence-electron chi connectivity index (χ3n) is 6.99. The molecule has 12 heteroatoms. The summed E-state index contributed by atoms with van der Waals surface area (Å²) in [6, 6.07) is 2.54. The predicted octanol–water partition coefficient (Wildman–Crippen LogP) is 1.90. The highest BCUT2D eigenvalue weighted by molar-refractivity contribution is 7.80. The molecule has 0 unspecified atom stereocenters. The number of rotatable bonds is 5. The maximum Gasteiger partial charge on any atom is 0.416 e. The first-order chi connectivity index (χ1) is 16.3. The Morgan fingerprint density at radius 3 is 2.71 bits per heavy atom. The van der Waals surface area contributed by atoms with Crippen LogP contribution in [0.2, 0.25) is 0 Å². The highest BCUT2D eigenvalue weighted by Crippen LogP contribution is 2.43. The largest absolute Gasteiger partial charge is 0.416 e. The minimum absolute atomic E-state index is 0.0611. The van der Waals surface area contributed by atoms with Crippen LogP contribution in [0.15, 0.2) is 24.3 Å². The van der Waals surface area contributed by atoms with E-state index < -0.39 is 29.7 Å². The number of anilines is 1. The first-order valence-electron chi connectivity index (χ1n) is 11.4. The van der Waals surface area contributed by atoms with Gasteiger partial charge in [0.1, 0.15) is 6.04 Å². The molecule has 4 fully saturated rings. The van der Waals surface area contributed by atoms with E-state index in [1.54, 1.807) is 0 Å². The molecule has 4 aliphatic heterocycles. The van der Waals surface area contributed by atoms with Crippen LogP contribution in [0.3, 0.4) is 0 Å². The molecular weight excluding hydrogens is 471 g/mol. The first-order valence-corrected chi connectivity index (χ1v) is 11.8. The first kappa shape index (κ1) is 23.3. The van der Waals surface area contributed by atoms with Crippen LogP contribution in [0.1, 0.15) is 18.4 Å². The van der Waals surface area contributed by atoms with Crippen molar-refractivity contribution in [3.8, 4) is 0 Å². The van der Waals surface area contributed by atoms with Crippen molar-refractivity contribution in [3.63, 3.8) is 0 Å². The minimum Gasteiger partial charge on any atom is -0.379 e. The van der Waals surface area contributed by atoms with Crippen molar-refractivity contribution in [2.75, 3.05) is 50.8 Å². The van der Waals surface area contributed by atoms with Crippen LogP contribution in [-0.4, -0.2) is 95.8 Å². The molecule has 8 nitrogen and oxygen atoms in total. The topological polar surface area (TPSA) is 68.4 Å². The number of nitrogens with one attached hydrogen (secondary N) is 1. The van der Waals surface area contributed by atoms with Crippen LogP contribution in [0.5, 0.6) is 0 Å². The number of carbonyl (C=O) groups excluding carboxylic acids is 2. The fourth-order valence-electron chi connectivity index (χ4n) is 5.37. The van der Waals surface area contributed by atoms with E-state index in [-0.39, 0.29) is 17.8 Å². The molecular formula is C22H26F3N5O3S. The smallest absolute Gasteiger partial charge is 0.379 e. The number of hydrogen-bond donors (Lipinski definition) is 1. The number of amides is 3. The van der Waals surface area contributed by atoms with Gasteiger partial charge in [0.05, 0.1) is 36.5 Å². The van der Waals surface area contributed by atoms with E-state index in [9.17, 15) is 22.8 Å². The number of ether oxygens (including phenoxy) is 1. The number of halogens is 3. The zero-order chi connectivity index (χ0) is 24.0. The fourth-order valence-corrected chi connectivity index (χ4v) is 5.69. The van der Waals surface area contributed by atoms with Crippen molar-refractivity contribution in [1.82, 2.24) is 20.0 Å². The van der Waals surface area contributed by atoms with Gasteiger partial charge in [0.25, 0.3) is 5.91 Å². The monoisotopic (exact) mass is 497 g/mol. The number of urea groups is 1. The average molecular weight is 498 g/mol. The number of carbonyl (C=O) groups is 2. The highest BCUT2D eigenvalue weighted by atomic mass is 32.1. The van der Waals surface area contributed by atoms with E-state index in [1.165, 1.54) is 17.0 Å². The third-order valence-corrected chi connectivity index (χ3v) is 7.37. The van der Waals surface area contributed by atoms with Gasteiger partial charge in [-0.3, -0.25) is 9.69 Å². The second kappa shape index (κ2) is 8.97. The van der Waals surface area contributed by atoms with Crippen molar-refractivity contribution in [2.24, 2.45) is 0 Å². The number of morpholine rings is 1. The van der Waals surface area contributed by atoms with Crippen molar-refractivity contribution in [1.29, 1.82) is 0 Å². The quantitative estimate of drug-likeness (QED) is 0.379. The highest BCUT2D eigenvalue weighted by Gasteiger charge is 2.62. The second-order valence-electron chi connectivity index (χ2n) is 9.01. The van der Waals surface area contributed by atoms with Crippen LogP contribution >= 0.6 is 12.2 Å². The van der Waals surface area contributed by atoms with Gasteiger partial charge in [-0.05, 0) is 49.8 Å². The molecule has 3 amide bonds. The van der Waals surface area contributed by atoms with Gasteiger partial charge in [0.2, 0.25) is 0 Å². The summed E-state index contributed by atoms with van der Waals surface area (Å²) >= 11 is 5.58. The second-order valence-corrected chi connectivity index (χ2v) is 9.39. The van der Waals surface area contributed by atoms with Gasteiger partial charge in [-0.25, -0.2) is 9.69 Å². The standard InChI is InChI=1S/C22H26F3N5O3S/c23-22(24,25)14-3-1-4-15(11-14)30-19(31)18-17-12-16(29(18)21(30)32)13-28(17)20(34)26-5-2-6-27-7-9-33-10-8-27/h1,3-4,11,16-18H,2,5-10,12-13H2,(H,26,34)/t16-,17-,18+/m0/s1. The molecule has 2 bridgehead atoms. The number of fused-ring (bicyclic) bond motifs is 5. The third kappa shape index (κ3) is 4.11.